The van der Waals surface area contributed by atoms with Gasteiger partial charge in [0.2, 0.25) is 5.88 Å². The number of aromatic nitrogens is 1. The van der Waals surface area contributed by atoms with Crippen molar-refractivity contribution in [2.45, 2.75) is 13.8 Å². The fourth-order valence-corrected chi connectivity index (χ4v) is 1.75. The summed E-state index contributed by atoms with van der Waals surface area (Å²) in [7, 11) is 0. The lowest BCUT2D eigenvalue weighted by Crippen LogP contribution is -2.07. The van der Waals surface area contributed by atoms with Gasteiger partial charge in [-0.2, -0.15) is 0 Å². The largest absolute Gasteiger partial charge is 0.478 e. The first-order chi connectivity index (χ1) is 8.76. The summed E-state index contributed by atoms with van der Waals surface area (Å²) in [6.07, 6.45) is 0. The smallest absolute Gasteiger partial charge is 0.339 e. The Morgan fingerprint density at radius 2 is 2.00 bits per heavy atom. The van der Waals surface area contributed by atoms with Crippen LogP contribution in [0.1, 0.15) is 24.2 Å². The fraction of sp³-hybridized carbons (Fsp3) is 0.286. The molecule has 1 heterocycles. The maximum atomic E-state index is 11.9. The molecule has 0 aliphatic rings. The molecule has 0 bridgehead atoms. The van der Waals surface area contributed by atoms with Crippen LogP contribution in [0.2, 0.25) is 0 Å². The summed E-state index contributed by atoms with van der Waals surface area (Å²) in [5.74, 6) is 0.0938. The van der Waals surface area contributed by atoms with Crippen molar-refractivity contribution >= 4 is 16.9 Å². The van der Waals surface area contributed by atoms with Crippen LogP contribution in [0.25, 0.3) is 10.9 Å². The SMILES string of the molecule is CCOC(=O)c1cc(OCC)nc2ccccc12. The first-order valence-corrected chi connectivity index (χ1v) is 5.96. The Labute approximate surface area is 106 Å². The first-order valence-electron chi connectivity index (χ1n) is 5.96. The molecule has 2 aromatic rings. The lowest BCUT2D eigenvalue weighted by molar-refractivity contribution is 0.0528. The van der Waals surface area contributed by atoms with Crippen molar-refractivity contribution in [3.05, 3.63) is 35.9 Å². The summed E-state index contributed by atoms with van der Waals surface area (Å²) in [6.45, 7) is 4.51. The molecule has 0 saturated carbocycles. The second kappa shape index (κ2) is 5.49. The van der Waals surface area contributed by atoms with Crippen molar-refractivity contribution in [3.63, 3.8) is 0 Å². The maximum Gasteiger partial charge on any atom is 0.339 e. The number of ether oxygens (including phenoxy) is 2. The zero-order chi connectivity index (χ0) is 13.0. The molecule has 1 aromatic carbocycles. The molecule has 4 nitrogen and oxygen atoms in total. The van der Waals surface area contributed by atoms with Gasteiger partial charge < -0.3 is 9.47 Å². The van der Waals surface area contributed by atoms with Crippen LogP contribution < -0.4 is 4.74 Å². The molecule has 1 aromatic heterocycles. The number of benzene rings is 1. The highest BCUT2D eigenvalue weighted by Crippen LogP contribution is 2.22. The van der Waals surface area contributed by atoms with Gasteiger partial charge in [0.1, 0.15) is 0 Å². The molecule has 0 amide bonds. The van der Waals surface area contributed by atoms with Crippen LogP contribution in [0.4, 0.5) is 0 Å². The van der Waals surface area contributed by atoms with Crippen molar-refractivity contribution in [2.75, 3.05) is 13.2 Å². The molecule has 0 atom stereocenters. The summed E-state index contributed by atoms with van der Waals surface area (Å²) >= 11 is 0. The molecule has 0 radical (unpaired) electrons. The maximum absolute atomic E-state index is 11.9. The van der Waals surface area contributed by atoms with E-state index in [1.54, 1.807) is 13.0 Å². The van der Waals surface area contributed by atoms with Crippen LogP contribution >= 0.6 is 0 Å². The second-order valence-electron chi connectivity index (χ2n) is 3.68. The number of nitrogens with zero attached hydrogens (tertiary/aromatic N) is 1. The number of pyridine rings is 1. The van der Waals surface area contributed by atoms with Gasteiger partial charge in [-0.25, -0.2) is 9.78 Å². The average molecular weight is 245 g/mol. The van der Waals surface area contributed by atoms with Gasteiger partial charge in [0.25, 0.3) is 0 Å². The Hall–Kier alpha value is -2.10. The summed E-state index contributed by atoms with van der Waals surface area (Å²) in [6, 6.07) is 9.07. The van der Waals surface area contributed by atoms with Crippen molar-refractivity contribution in [2.24, 2.45) is 0 Å². The van der Waals surface area contributed by atoms with E-state index in [0.717, 1.165) is 10.9 Å². The zero-order valence-corrected chi connectivity index (χ0v) is 10.5. The monoisotopic (exact) mass is 245 g/mol. The Kier molecular flexibility index (Phi) is 3.77. The van der Waals surface area contributed by atoms with E-state index < -0.39 is 0 Å². The summed E-state index contributed by atoms with van der Waals surface area (Å²) in [5, 5.41) is 0.777. The van der Waals surface area contributed by atoms with E-state index in [1.165, 1.54) is 0 Å². The third kappa shape index (κ3) is 2.42. The number of rotatable bonds is 4. The molecule has 0 N–H and O–H groups in total. The van der Waals surface area contributed by atoms with Crippen LogP contribution in [0.15, 0.2) is 30.3 Å². The standard InChI is InChI=1S/C14H15NO3/c1-3-17-13-9-11(14(16)18-4-2)10-7-5-6-8-12(10)15-13/h5-9H,3-4H2,1-2H3. The molecule has 0 saturated heterocycles. The molecule has 0 unspecified atom stereocenters. The van der Waals surface area contributed by atoms with Gasteiger partial charge >= 0.3 is 5.97 Å². The molecule has 2 rings (SSSR count). The topological polar surface area (TPSA) is 48.4 Å². The van der Waals surface area contributed by atoms with E-state index >= 15 is 0 Å². The van der Waals surface area contributed by atoms with Gasteiger partial charge in [0.05, 0.1) is 24.3 Å². The van der Waals surface area contributed by atoms with Gasteiger partial charge in [-0.05, 0) is 19.9 Å². The highest BCUT2D eigenvalue weighted by molar-refractivity contribution is 6.03. The second-order valence-corrected chi connectivity index (χ2v) is 3.68. The number of fused-ring (bicyclic) bond motifs is 1. The number of carbonyl (C=O) groups is 1. The summed E-state index contributed by atoms with van der Waals surface area (Å²) in [5.41, 5.74) is 1.22. The van der Waals surface area contributed by atoms with E-state index in [-0.39, 0.29) is 5.97 Å². The van der Waals surface area contributed by atoms with Crippen molar-refractivity contribution in [1.29, 1.82) is 0 Å². The predicted molar refractivity (Wildman–Crippen MR) is 68.9 cm³/mol. The molecule has 0 fully saturated rings. The lowest BCUT2D eigenvalue weighted by atomic mass is 10.1. The van der Waals surface area contributed by atoms with Crippen molar-refractivity contribution in [3.8, 4) is 5.88 Å². The first kappa shape index (κ1) is 12.4. The Balaban J connectivity index is 2.56. The van der Waals surface area contributed by atoms with E-state index in [0.29, 0.717) is 24.7 Å². The quantitative estimate of drug-likeness (QED) is 0.777. The Morgan fingerprint density at radius 3 is 2.72 bits per heavy atom. The van der Waals surface area contributed by atoms with Gasteiger partial charge in [0.15, 0.2) is 0 Å². The van der Waals surface area contributed by atoms with Crippen LogP contribution in [0.3, 0.4) is 0 Å². The van der Waals surface area contributed by atoms with Crippen molar-refractivity contribution in [1.82, 2.24) is 4.98 Å². The highest BCUT2D eigenvalue weighted by atomic mass is 16.5. The number of para-hydroxylation sites is 1. The van der Waals surface area contributed by atoms with Crippen LogP contribution in [-0.2, 0) is 4.74 Å². The zero-order valence-electron chi connectivity index (χ0n) is 10.5. The minimum Gasteiger partial charge on any atom is -0.478 e. The van der Waals surface area contributed by atoms with E-state index in [2.05, 4.69) is 4.98 Å². The fourth-order valence-electron chi connectivity index (χ4n) is 1.75. The van der Waals surface area contributed by atoms with Gasteiger partial charge in [-0.1, -0.05) is 18.2 Å². The Bertz CT molecular complexity index is 566. The molecule has 18 heavy (non-hydrogen) atoms. The molecule has 0 aliphatic carbocycles. The summed E-state index contributed by atoms with van der Waals surface area (Å²) in [4.78, 5) is 16.2. The molecule has 94 valence electrons. The molecule has 0 aliphatic heterocycles. The third-order valence-electron chi connectivity index (χ3n) is 2.48. The van der Waals surface area contributed by atoms with Gasteiger partial charge in [-0.15, -0.1) is 0 Å². The average Bonchev–Trinajstić information content (AvgIpc) is 2.38. The van der Waals surface area contributed by atoms with Crippen LogP contribution in [0, 0.1) is 0 Å². The Morgan fingerprint density at radius 1 is 1.22 bits per heavy atom. The number of carbonyl (C=O) groups excluding carboxylic acids is 1. The van der Waals surface area contributed by atoms with Crippen molar-refractivity contribution < 1.29 is 14.3 Å². The minimum atomic E-state index is -0.350. The predicted octanol–water partition coefficient (Wildman–Crippen LogP) is 2.81. The van der Waals surface area contributed by atoms with Gasteiger partial charge in [0, 0.05) is 11.5 Å². The highest BCUT2D eigenvalue weighted by Gasteiger charge is 2.14. The summed E-state index contributed by atoms with van der Waals surface area (Å²) < 4.78 is 10.4. The van der Waals surface area contributed by atoms with E-state index in [1.807, 2.05) is 31.2 Å². The normalized spacial score (nSPS) is 10.3. The van der Waals surface area contributed by atoms with Crippen LogP contribution in [0.5, 0.6) is 5.88 Å². The molecule has 4 heteroatoms. The number of hydrogen-bond acceptors (Lipinski definition) is 4. The van der Waals surface area contributed by atoms with E-state index in [4.69, 9.17) is 9.47 Å². The van der Waals surface area contributed by atoms with Gasteiger partial charge in [-0.3, -0.25) is 0 Å². The third-order valence-corrected chi connectivity index (χ3v) is 2.48. The van der Waals surface area contributed by atoms with E-state index in [9.17, 15) is 4.79 Å². The molecular formula is C14H15NO3. The number of esters is 1. The number of hydrogen-bond donors (Lipinski definition) is 0. The van der Waals surface area contributed by atoms with Crippen LogP contribution in [-0.4, -0.2) is 24.2 Å². The molecular weight excluding hydrogens is 230 g/mol. The minimum absolute atomic E-state index is 0.347. The lowest BCUT2D eigenvalue weighted by Gasteiger charge is -2.09. The molecule has 0 spiro atoms.